The topological polar surface area (TPSA) is 49.8 Å². The first-order valence-electron chi connectivity index (χ1n) is 6.43. The van der Waals surface area contributed by atoms with E-state index < -0.39 is 0 Å². The fraction of sp³-hybridized carbons (Fsp3) is 0.286. The molecule has 0 aliphatic heterocycles. The lowest BCUT2D eigenvalue weighted by atomic mass is 10.2. The van der Waals surface area contributed by atoms with Gasteiger partial charge in [0.1, 0.15) is 5.82 Å². The molecule has 2 rings (SSSR count). The van der Waals surface area contributed by atoms with Gasteiger partial charge in [0.2, 0.25) is 5.95 Å². The Morgan fingerprint density at radius 1 is 1.10 bits per heavy atom. The molecular formula is C14H16Br2N4. The van der Waals surface area contributed by atoms with Crippen LogP contribution in [-0.2, 0) is 6.54 Å². The van der Waals surface area contributed by atoms with Crippen molar-refractivity contribution in [1.29, 1.82) is 0 Å². The van der Waals surface area contributed by atoms with Crippen LogP contribution < -0.4 is 10.6 Å². The molecular weight excluding hydrogens is 384 g/mol. The normalized spacial score (nSPS) is 10.3. The Kier molecular flexibility index (Phi) is 5.79. The summed E-state index contributed by atoms with van der Waals surface area (Å²) in [7, 11) is 0. The molecule has 2 N–H and O–H groups in total. The van der Waals surface area contributed by atoms with Gasteiger partial charge >= 0.3 is 0 Å². The molecule has 0 amide bonds. The molecule has 1 heterocycles. The highest BCUT2D eigenvalue weighted by Gasteiger charge is 2.04. The van der Waals surface area contributed by atoms with Gasteiger partial charge in [-0.05, 0) is 40.0 Å². The van der Waals surface area contributed by atoms with E-state index in [1.807, 2.05) is 12.1 Å². The molecule has 2 aromatic rings. The van der Waals surface area contributed by atoms with Gasteiger partial charge in [0.25, 0.3) is 0 Å². The minimum Gasteiger partial charge on any atom is -0.365 e. The first-order valence-corrected chi connectivity index (χ1v) is 8.02. The molecule has 20 heavy (non-hydrogen) atoms. The highest BCUT2D eigenvalue weighted by molar-refractivity contribution is 9.10. The number of nitrogens with one attached hydrogen (secondary N) is 2. The molecule has 4 nitrogen and oxygen atoms in total. The quantitative estimate of drug-likeness (QED) is 0.753. The van der Waals surface area contributed by atoms with Crippen molar-refractivity contribution in [3.63, 3.8) is 0 Å². The largest absolute Gasteiger partial charge is 0.365 e. The Hall–Kier alpha value is -1.14. The molecule has 0 saturated carbocycles. The summed E-state index contributed by atoms with van der Waals surface area (Å²) in [5.74, 6) is 1.44. The number of halogens is 2. The molecule has 0 aliphatic rings. The Morgan fingerprint density at radius 2 is 1.85 bits per heavy atom. The number of rotatable bonds is 6. The van der Waals surface area contributed by atoms with E-state index in [1.165, 1.54) is 5.56 Å². The van der Waals surface area contributed by atoms with Crippen LogP contribution in [0.15, 0.2) is 39.4 Å². The summed E-state index contributed by atoms with van der Waals surface area (Å²) in [4.78, 5) is 8.68. The first kappa shape index (κ1) is 15.3. The van der Waals surface area contributed by atoms with Crippen molar-refractivity contribution in [1.82, 2.24) is 9.97 Å². The number of hydrogen-bond acceptors (Lipinski definition) is 4. The smallest absolute Gasteiger partial charge is 0.224 e. The van der Waals surface area contributed by atoms with E-state index in [0.717, 1.165) is 34.3 Å². The van der Waals surface area contributed by atoms with Gasteiger partial charge < -0.3 is 10.6 Å². The van der Waals surface area contributed by atoms with E-state index in [9.17, 15) is 0 Å². The molecule has 0 atom stereocenters. The average molecular weight is 400 g/mol. The number of benzene rings is 1. The Morgan fingerprint density at radius 3 is 2.55 bits per heavy atom. The number of hydrogen-bond donors (Lipinski definition) is 2. The lowest BCUT2D eigenvalue weighted by Crippen LogP contribution is -2.08. The van der Waals surface area contributed by atoms with Crippen LogP contribution in [0, 0.1) is 0 Å². The van der Waals surface area contributed by atoms with Gasteiger partial charge in [-0.2, -0.15) is 4.98 Å². The van der Waals surface area contributed by atoms with Crippen LogP contribution >= 0.6 is 31.9 Å². The van der Waals surface area contributed by atoms with E-state index in [-0.39, 0.29) is 0 Å². The zero-order valence-electron chi connectivity index (χ0n) is 11.2. The summed E-state index contributed by atoms with van der Waals surface area (Å²) in [6.45, 7) is 3.70. The summed E-state index contributed by atoms with van der Waals surface area (Å²) < 4.78 is 1.94. The summed E-state index contributed by atoms with van der Waals surface area (Å²) in [5, 5.41) is 6.49. The van der Waals surface area contributed by atoms with Crippen molar-refractivity contribution in [2.45, 2.75) is 19.9 Å². The van der Waals surface area contributed by atoms with Crippen LogP contribution in [0.25, 0.3) is 0 Å². The van der Waals surface area contributed by atoms with Crippen molar-refractivity contribution < 1.29 is 0 Å². The van der Waals surface area contributed by atoms with Crippen LogP contribution in [0.4, 0.5) is 11.8 Å². The molecule has 0 saturated heterocycles. The van der Waals surface area contributed by atoms with Gasteiger partial charge in [-0.1, -0.05) is 35.0 Å². The average Bonchev–Trinajstić information content (AvgIpc) is 2.46. The minimum absolute atomic E-state index is 0.647. The number of aromatic nitrogens is 2. The van der Waals surface area contributed by atoms with Gasteiger partial charge in [-0.15, -0.1) is 0 Å². The molecule has 1 aromatic carbocycles. The van der Waals surface area contributed by atoms with Gasteiger partial charge in [-0.3, -0.25) is 0 Å². The van der Waals surface area contributed by atoms with Crippen LogP contribution in [0.5, 0.6) is 0 Å². The van der Waals surface area contributed by atoms with Crippen molar-refractivity contribution in [2.24, 2.45) is 0 Å². The highest BCUT2D eigenvalue weighted by atomic mass is 79.9. The van der Waals surface area contributed by atoms with Crippen molar-refractivity contribution in [2.75, 3.05) is 17.2 Å². The van der Waals surface area contributed by atoms with E-state index in [0.29, 0.717) is 5.95 Å². The Labute approximate surface area is 135 Å². The monoisotopic (exact) mass is 398 g/mol. The van der Waals surface area contributed by atoms with Gasteiger partial charge in [0.05, 0.1) is 4.47 Å². The van der Waals surface area contributed by atoms with E-state index in [2.05, 4.69) is 71.5 Å². The van der Waals surface area contributed by atoms with Crippen LogP contribution in [0.2, 0.25) is 0 Å². The maximum atomic E-state index is 4.45. The predicted molar refractivity (Wildman–Crippen MR) is 90.0 cm³/mol. The third-order valence-corrected chi connectivity index (χ3v) is 3.76. The zero-order chi connectivity index (χ0) is 14.4. The van der Waals surface area contributed by atoms with Crippen LogP contribution in [0.1, 0.15) is 18.9 Å². The molecule has 1 aromatic heterocycles. The molecule has 0 bridgehead atoms. The summed E-state index contributed by atoms with van der Waals surface area (Å²) >= 11 is 6.89. The predicted octanol–water partition coefficient (Wildman–Crippen LogP) is 4.44. The molecule has 0 aliphatic carbocycles. The Balaban J connectivity index is 2.02. The van der Waals surface area contributed by atoms with Gasteiger partial charge in [0.15, 0.2) is 0 Å². The fourth-order valence-electron chi connectivity index (χ4n) is 1.60. The second-order valence-corrected chi connectivity index (χ2v) is 6.07. The Bertz CT molecular complexity index is 558. The standard InChI is InChI=1S/C14H16Br2N4/c1-2-7-17-14-19-9-12(16)13(20-14)18-8-10-3-5-11(15)6-4-10/h3-6,9H,2,7-8H2,1H3,(H2,17,18,19,20). The minimum atomic E-state index is 0.647. The lowest BCUT2D eigenvalue weighted by molar-refractivity contribution is 0.948. The third-order valence-electron chi connectivity index (χ3n) is 2.65. The molecule has 0 fully saturated rings. The van der Waals surface area contributed by atoms with Crippen molar-refractivity contribution >= 4 is 43.6 Å². The van der Waals surface area contributed by atoms with Gasteiger partial charge in [0, 0.05) is 23.8 Å². The number of nitrogens with zero attached hydrogens (tertiary/aromatic N) is 2. The van der Waals surface area contributed by atoms with Crippen LogP contribution in [0.3, 0.4) is 0 Å². The van der Waals surface area contributed by atoms with E-state index >= 15 is 0 Å². The zero-order valence-corrected chi connectivity index (χ0v) is 14.3. The van der Waals surface area contributed by atoms with E-state index in [4.69, 9.17) is 0 Å². The highest BCUT2D eigenvalue weighted by Crippen LogP contribution is 2.21. The van der Waals surface area contributed by atoms with E-state index in [1.54, 1.807) is 6.20 Å². The maximum Gasteiger partial charge on any atom is 0.224 e. The second-order valence-electron chi connectivity index (χ2n) is 4.30. The SMILES string of the molecule is CCCNc1ncc(Br)c(NCc2ccc(Br)cc2)n1. The molecule has 106 valence electrons. The number of anilines is 2. The molecule has 6 heteroatoms. The summed E-state index contributed by atoms with van der Waals surface area (Å²) in [6.07, 6.45) is 2.80. The van der Waals surface area contributed by atoms with Crippen LogP contribution in [-0.4, -0.2) is 16.5 Å². The fourth-order valence-corrected chi connectivity index (χ4v) is 2.20. The maximum absolute atomic E-state index is 4.45. The van der Waals surface area contributed by atoms with Gasteiger partial charge in [-0.25, -0.2) is 4.98 Å². The first-order chi connectivity index (χ1) is 9.69. The molecule has 0 unspecified atom stereocenters. The second kappa shape index (κ2) is 7.59. The van der Waals surface area contributed by atoms with Crippen molar-refractivity contribution in [3.05, 3.63) is 45.0 Å². The third kappa shape index (κ3) is 4.45. The molecule has 0 radical (unpaired) electrons. The summed E-state index contributed by atoms with van der Waals surface area (Å²) in [6, 6.07) is 8.20. The van der Waals surface area contributed by atoms with Crippen molar-refractivity contribution in [3.8, 4) is 0 Å². The lowest BCUT2D eigenvalue weighted by Gasteiger charge is -2.10. The summed E-state index contributed by atoms with van der Waals surface area (Å²) in [5.41, 5.74) is 1.20. The molecule has 0 spiro atoms.